The molecule has 0 unspecified atom stereocenters. The number of aryl methyl sites for hydroxylation is 2. The summed E-state index contributed by atoms with van der Waals surface area (Å²) in [6, 6.07) is 10.9. The maximum Gasteiger partial charge on any atom is 0.273 e. The molecule has 0 spiro atoms. The van der Waals surface area contributed by atoms with E-state index >= 15 is 0 Å². The van der Waals surface area contributed by atoms with Crippen molar-refractivity contribution in [3.05, 3.63) is 57.6 Å². The zero-order chi connectivity index (χ0) is 14.7. The molecular formula is C15H17N3O2. The molecule has 0 aliphatic rings. The minimum atomic E-state index is -0.395. The van der Waals surface area contributed by atoms with Crippen LogP contribution in [0.1, 0.15) is 11.1 Å². The van der Waals surface area contributed by atoms with Crippen molar-refractivity contribution in [2.45, 2.75) is 13.8 Å². The summed E-state index contributed by atoms with van der Waals surface area (Å²) in [4.78, 5) is 10.5. The molecule has 0 heterocycles. The van der Waals surface area contributed by atoms with Crippen LogP contribution in [-0.2, 0) is 0 Å². The number of nitrogens with one attached hydrogen (secondary N) is 2. The van der Waals surface area contributed by atoms with Gasteiger partial charge in [0.05, 0.1) is 4.92 Å². The molecule has 2 N–H and O–H groups in total. The van der Waals surface area contributed by atoms with Gasteiger partial charge in [0.15, 0.2) is 0 Å². The monoisotopic (exact) mass is 271 g/mol. The summed E-state index contributed by atoms with van der Waals surface area (Å²) < 4.78 is 0. The van der Waals surface area contributed by atoms with E-state index in [1.54, 1.807) is 7.05 Å². The highest BCUT2D eigenvalue weighted by atomic mass is 16.6. The van der Waals surface area contributed by atoms with Crippen molar-refractivity contribution in [2.24, 2.45) is 0 Å². The van der Waals surface area contributed by atoms with E-state index in [2.05, 4.69) is 16.7 Å². The lowest BCUT2D eigenvalue weighted by atomic mass is 10.1. The van der Waals surface area contributed by atoms with Crippen LogP contribution in [0.5, 0.6) is 0 Å². The molecule has 0 saturated carbocycles. The van der Waals surface area contributed by atoms with Gasteiger partial charge in [-0.15, -0.1) is 0 Å². The number of hydrogen-bond donors (Lipinski definition) is 2. The normalized spacial score (nSPS) is 10.2. The van der Waals surface area contributed by atoms with Gasteiger partial charge in [-0.25, -0.2) is 0 Å². The van der Waals surface area contributed by atoms with Crippen molar-refractivity contribution in [3.8, 4) is 0 Å². The second-order valence-corrected chi connectivity index (χ2v) is 4.72. The summed E-state index contributed by atoms with van der Waals surface area (Å²) in [7, 11) is 1.74. The van der Waals surface area contributed by atoms with Crippen LogP contribution in [0.15, 0.2) is 36.4 Å². The molecule has 0 aromatic heterocycles. The zero-order valence-corrected chi connectivity index (χ0v) is 11.7. The molecule has 5 heteroatoms. The molecule has 0 amide bonds. The number of nitrogens with zero attached hydrogens (tertiary/aromatic N) is 1. The summed E-state index contributed by atoms with van der Waals surface area (Å²) in [5.41, 5.74) is 4.68. The maximum absolute atomic E-state index is 10.9. The fourth-order valence-corrected chi connectivity index (χ4v) is 2.04. The fraction of sp³-hybridized carbons (Fsp3) is 0.200. The van der Waals surface area contributed by atoms with Crippen molar-refractivity contribution >= 4 is 22.7 Å². The van der Waals surface area contributed by atoms with Crippen LogP contribution in [0.3, 0.4) is 0 Å². The molecule has 0 aliphatic heterocycles. The number of rotatable bonds is 4. The van der Waals surface area contributed by atoms with E-state index in [9.17, 15) is 10.1 Å². The lowest BCUT2D eigenvalue weighted by Crippen LogP contribution is -1.98. The highest BCUT2D eigenvalue weighted by Crippen LogP contribution is 2.28. The number of anilines is 3. The van der Waals surface area contributed by atoms with Crippen LogP contribution in [-0.4, -0.2) is 12.0 Å². The number of non-ortho nitro benzene ring substituents is 1. The van der Waals surface area contributed by atoms with Gasteiger partial charge in [-0.3, -0.25) is 10.1 Å². The molecule has 0 saturated heterocycles. The largest absolute Gasteiger partial charge is 0.388 e. The van der Waals surface area contributed by atoms with Crippen molar-refractivity contribution in [2.75, 3.05) is 17.7 Å². The molecule has 2 rings (SSSR count). The summed E-state index contributed by atoms with van der Waals surface area (Å²) in [5.74, 6) is 0. The average molecular weight is 271 g/mol. The zero-order valence-electron chi connectivity index (χ0n) is 11.7. The van der Waals surface area contributed by atoms with Gasteiger partial charge in [-0.05, 0) is 31.5 Å². The van der Waals surface area contributed by atoms with Gasteiger partial charge in [-0.1, -0.05) is 17.7 Å². The van der Waals surface area contributed by atoms with Crippen LogP contribution >= 0.6 is 0 Å². The Labute approximate surface area is 117 Å². The van der Waals surface area contributed by atoms with Crippen molar-refractivity contribution < 1.29 is 4.92 Å². The Morgan fingerprint density at radius 3 is 2.35 bits per heavy atom. The molecule has 0 bridgehead atoms. The first-order chi connectivity index (χ1) is 9.49. The van der Waals surface area contributed by atoms with Crippen LogP contribution in [0.2, 0.25) is 0 Å². The van der Waals surface area contributed by atoms with E-state index in [0.717, 1.165) is 11.3 Å². The molecule has 0 fully saturated rings. The van der Waals surface area contributed by atoms with E-state index in [-0.39, 0.29) is 5.69 Å². The molecular weight excluding hydrogens is 254 g/mol. The Morgan fingerprint density at radius 1 is 1.05 bits per heavy atom. The maximum atomic E-state index is 10.9. The third-order valence-electron chi connectivity index (χ3n) is 3.08. The quantitative estimate of drug-likeness (QED) is 0.651. The van der Waals surface area contributed by atoms with Gasteiger partial charge < -0.3 is 10.6 Å². The second kappa shape index (κ2) is 5.61. The number of hydrogen-bond acceptors (Lipinski definition) is 4. The Morgan fingerprint density at radius 2 is 1.75 bits per heavy atom. The topological polar surface area (TPSA) is 67.2 Å². The highest BCUT2D eigenvalue weighted by Gasteiger charge is 2.10. The van der Waals surface area contributed by atoms with Gasteiger partial charge in [0, 0.05) is 36.2 Å². The molecule has 104 valence electrons. The molecule has 2 aromatic rings. The average Bonchev–Trinajstić information content (AvgIpc) is 2.41. The molecule has 5 nitrogen and oxygen atoms in total. The SMILES string of the molecule is CNc1cc(Nc2ccc(C)cc2C)cc([N+](=O)[O-])c1. The number of benzene rings is 2. The Kier molecular flexibility index (Phi) is 3.89. The van der Waals surface area contributed by atoms with Gasteiger partial charge in [0.25, 0.3) is 5.69 Å². The van der Waals surface area contributed by atoms with Crippen LogP contribution in [0.25, 0.3) is 0 Å². The third kappa shape index (κ3) is 3.06. The van der Waals surface area contributed by atoms with Crippen molar-refractivity contribution in [1.29, 1.82) is 0 Å². The molecule has 0 atom stereocenters. The summed E-state index contributed by atoms with van der Waals surface area (Å²) in [5, 5.41) is 17.1. The van der Waals surface area contributed by atoms with Gasteiger partial charge in [-0.2, -0.15) is 0 Å². The molecule has 0 radical (unpaired) electrons. The highest BCUT2D eigenvalue weighted by molar-refractivity contribution is 5.70. The van der Waals surface area contributed by atoms with Crippen LogP contribution < -0.4 is 10.6 Å². The lowest BCUT2D eigenvalue weighted by Gasteiger charge is -2.11. The smallest absolute Gasteiger partial charge is 0.273 e. The van der Waals surface area contributed by atoms with E-state index < -0.39 is 4.92 Å². The Bertz CT molecular complexity index is 654. The Balaban J connectivity index is 2.37. The first kappa shape index (κ1) is 13.9. The minimum absolute atomic E-state index is 0.0594. The number of nitro benzene ring substituents is 1. The fourth-order valence-electron chi connectivity index (χ4n) is 2.04. The molecule has 2 aromatic carbocycles. The molecule has 20 heavy (non-hydrogen) atoms. The summed E-state index contributed by atoms with van der Waals surface area (Å²) >= 11 is 0. The second-order valence-electron chi connectivity index (χ2n) is 4.72. The number of nitro groups is 1. The van der Waals surface area contributed by atoms with Crippen LogP contribution in [0, 0.1) is 24.0 Å². The summed E-state index contributed by atoms with van der Waals surface area (Å²) in [6.45, 7) is 4.04. The predicted molar refractivity (Wildman–Crippen MR) is 81.8 cm³/mol. The van der Waals surface area contributed by atoms with Gasteiger partial charge in [0.2, 0.25) is 0 Å². The van der Waals surface area contributed by atoms with Crippen LogP contribution in [0.4, 0.5) is 22.7 Å². The first-order valence-electron chi connectivity index (χ1n) is 6.31. The van der Waals surface area contributed by atoms with Gasteiger partial charge >= 0.3 is 0 Å². The van der Waals surface area contributed by atoms with E-state index in [4.69, 9.17) is 0 Å². The van der Waals surface area contributed by atoms with E-state index in [0.29, 0.717) is 11.4 Å². The van der Waals surface area contributed by atoms with Crippen molar-refractivity contribution in [3.63, 3.8) is 0 Å². The lowest BCUT2D eigenvalue weighted by molar-refractivity contribution is -0.384. The standard InChI is InChI=1S/C15H17N3O2/c1-10-4-5-15(11(2)6-10)17-13-7-12(16-3)8-14(9-13)18(19)20/h4-9,16-17H,1-3H3. The molecule has 0 aliphatic carbocycles. The van der Waals surface area contributed by atoms with E-state index in [1.807, 2.05) is 32.0 Å². The first-order valence-corrected chi connectivity index (χ1v) is 6.31. The minimum Gasteiger partial charge on any atom is -0.388 e. The summed E-state index contributed by atoms with van der Waals surface area (Å²) in [6.07, 6.45) is 0. The Hall–Kier alpha value is -2.56. The van der Waals surface area contributed by atoms with E-state index in [1.165, 1.54) is 17.7 Å². The third-order valence-corrected chi connectivity index (χ3v) is 3.08. The van der Waals surface area contributed by atoms with Crippen molar-refractivity contribution in [1.82, 2.24) is 0 Å². The predicted octanol–water partition coefficient (Wildman–Crippen LogP) is 4.00. The van der Waals surface area contributed by atoms with Gasteiger partial charge in [0.1, 0.15) is 0 Å².